The first kappa shape index (κ1) is 59.3. The van der Waals surface area contributed by atoms with Gasteiger partial charge in [0, 0.05) is 53.6 Å². The molecule has 2 aromatic carbocycles. The molecule has 1 heterocycles. The molecular formula is C54H74F2NO14P. The summed E-state index contributed by atoms with van der Waals surface area (Å²) in [5.41, 5.74) is -2.08. The number of phosphoric ester groups is 1. The van der Waals surface area contributed by atoms with Crippen molar-refractivity contribution >= 4 is 42.6 Å². The SMILES string of the molecule is CCCCCCCCCCCCCC(=O)OCC(COP(=O)(O)OCCNC(=O)c1ccc(-c2c3cc(F)c(=O)cc-3oc3cc(O)c(F)cc23)c(C(=O)O)c1)OC(=O)CCCCCCCCCCCCC. The molecule has 0 saturated heterocycles. The maximum Gasteiger partial charge on any atom is 0.472 e. The Hall–Kier alpha value is -5.22. The van der Waals surface area contributed by atoms with Crippen molar-refractivity contribution in [3.05, 3.63) is 75.4 Å². The van der Waals surface area contributed by atoms with Crippen LogP contribution in [0.25, 0.3) is 33.4 Å². The zero-order valence-electron chi connectivity index (χ0n) is 42.0. The molecule has 398 valence electrons. The largest absolute Gasteiger partial charge is 0.505 e. The highest BCUT2D eigenvalue weighted by molar-refractivity contribution is 7.47. The number of phosphoric acid groups is 1. The number of fused-ring (bicyclic) bond motifs is 2. The molecule has 15 nitrogen and oxygen atoms in total. The predicted octanol–water partition coefficient (Wildman–Crippen LogP) is 13.0. The number of phenolic OH excluding ortho intramolecular Hbond substituents is 1. The lowest BCUT2D eigenvalue weighted by Crippen LogP contribution is -2.30. The second-order valence-corrected chi connectivity index (χ2v) is 19.8. The first-order valence-corrected chi connectivity index (χ1v) is 27.3. The molecule has 2 aliphatic rings. The molecule has 0 aromatic heterocycles. The number of halogens is 2. The second-order valence-electron chi connectivity index (χ2n) is 18.3. The molecule has 2 atom stereocenters. The summed E-state index contributed by atoms with van der Waals surface area (Å²) in [6, 6.07) is 6.91. The highest BCUT2D eigenvalue weighted by Gasteiger charge is 2.28. The Morgan fingerprint density at radius 1 is 0.681 bits per heavy atom. The predicted molar refractivity (Wildman–Crippen MR) is 270 cm³/mol. The second kappa shape index (κ2) is 32.1. The summed E-state index contributed by atoms with van der Waals surface area (Å²) in [6.45, 7) is 2.44. The van der Waals surface area contributed by atoms with Crippen LogP contribution in [0.4, 0.5) is 8.78 Å². The molecule has 2 unspecified atom stereocenters. The van der Waals surface area contributed by atoms with Crippen LogP contribution in [0.15, 0.2) is 51.7 Å². The molecule has 0 spiro atoms. The lowest BCUT2D eigenvalue weighted by Gasteiger charge is -2.20. The third-order valence-electron chi connectivity index (χ3n) is 12.4. The van der Waals surface area contributed by atoms with Crippen LogP contribution < -0.4 is 10.7 Å². The molecule has 0 radical (unpaired) electrons. The zero-order chi connectivity index (χ0) is 52.3. The van der Waals surface area contributed by atoms with Crippen molar-refractivity contribution in [3.8, 4) is 28.2 Å². The van der Waals surface area contributed by atoms with Crippen LogP contribution in [0, 0.1) is 11.6 Å². The van der Waals surface area contributed by atoms with Gasteiger partial charge in [-0.3, -0.25) is 28.2 Å². The van der Waals surface area contributed by atoms with E-state index in [9.17, 15) is 52.4 Å². The van der Waals surface area contributed by atoms with Crippen molar-refractivity contribution in [3.63, 3.8) is 0 Å². The Kier molecular flexibility index (Phi) is 26.4. The Bertz CT molecular complexity index is 2430. The van der Waals surface area contributed by atoms with E-state index in [2.05, 4.69) is 19.2 Å². The van der Waals surface area contributed by atoms with Crippen LogP contribution in [-0.2, 0) is 32.7 Å². The van der Waals surface area contributed by atoms with Gasteiger partial charge in [-0.05, 0) is 42.7 Å². The number of benzene rings is 3. The fourth-order valence-corrected chi connectivity index (χ4v) is 9.15. The van der Waals surface area contributed by atoms with Gasteiger partial charge in [-0.25, -0.2) is 18.1 Å². The molecule has 18 heteroatoms. The molecule has 1 aliphatic carbocycles. The number of hydrogen-bond acceptors (Lipinski definition) is 12. The quantitative estimate of drug-likeness (QED) is 0.0143. The molecule has 4 rings (SSSR count). The summed E-state index contributed by atoms with van der Waals surface area (Å²) in [4.78, 5) is 73.9. The number of aromatic hydroxyl groups is 1. The summed E-state index contributed by atoms with van der Waals surface area (Å²) in [5.74, 6) is -6.67. The summed E-state index contributed by atoms with van der Waals surface area (Å²) < 4.78 is 69.0. The molecule has 72 heavy (non-hydrogen) atoms. The van der Waals surface area contributed by atoms with E-state index in [0.717, 1.165) is 75.3 Å². The van der Waals surface area contributed by atoms with Gasteiger partial charge in [-0.1, -0.05) is 148 Å². The standard InChI is InChI=1S/C54H74F2NO14P/c1-3-5-7-9-11-13-15-17-19-21-23-25-50(60)67-36-39(70-51(61)26-24-22-20-18-16-14-12-10-8-6-4-2)37-69-72(65,66)68-30-29-57-53(62)38-27-28-40(41(31-38)54(63)64)52-42-32-44(55)46(58)34-48(42)71-49-35-47(59)45(56)33-43(49)52/h27-28,31-35,39,58H,3-26,29-30,36-37H2,1-2H3,(H,57,62)(H,63,64)(H,65,66). The van der Waals surface area contributed by atoms with E-state index < -0.39 is 85.9 Å². The summed E-state index contributed by atoms with van der Waals surface area (Å²) in [6.07, 6.45) is 23.5. The van der Waals surface area contributed by atoms with E-state index in [0.29, 0.717) is 12.8 Å². The van der Waals surface area contributed by atoms with Crippen molar-refractivity contribution < 1.29 is 70.6 Å². The number of carboxylic acid groups (broad SMARTS) is 1. The third kappa shape index (κ3) is 20.7. The molecule has 4 N–H and O–H groups in total. The molecule has 0 saturated carbocycles. The summed E-state index contributed by atoms with van der Waals surface area (Å²) in [7, 11) is -4.83. The molecule has 1 aliphatic heterocycles. The van der Waals surface area contributed by atoms with Crippen LogP contribution in [-0.4, -0.2) is 71.4 Å². The van der Waals surface area contributed by atoms with Gasteiger partial charge in [0.1, 0.15) is 18.0 Å². The molecule has 1 amide bonds. The number of nitrogens with one attached hydrogen (secondary N) is 1. The van der Waals surface area contributed by atoms with Gasteiger partial charge in [0.05, 0.1) is 18.8 Å². The van der Waals surface area contributed by atoms with Crippen LogP contribution >= 0.6 is 7.82 Å². The van der Waals surface area contributed by atoms with E-state index in [1.165, 1.54) is 95.6 Å². The number of unbranched alkanes of at least 4 members (excludes halogenated alkanes) is 20. The van der Waals surface area contributed by atoms with E-state index in [-0.39, 0.29) is 58.4 Å². The van der Waals surface area contributed by atoms with Gasteiger partial charge in [-0.15, -0.1) is 0 Å². The van der Waals surface area contributed by atoms with Crippen LogP contribution in [0.2, 0.25) is 0 Å². The van der Waals surface area contributed by atoms with Gasteiger partial charge >= 0.3 is 25.7 Å². The van der Waals surface area contributed by atoms with Crippen LogP contribution in [0.5, 0.6) is 5.75 Å². The minimum atomic E-state index is -4.83. The maximum atomic E-state index is 14.7. The highest BCUT2D eigenvalue weighted by Crippen LogP contribution is 2.44. The third-order valence-corrected chi connectivity index (χ3v) is 13.4. The first-order valence-electron chi connectivity index (χ1n) is 25.9. The number of phenols is 1. The molecule has 0 bridgehead atoms. The van der Waals surface area contributed by atoms with Crippen molar-refractivity contribution in [2.75, 3.05) is 26.4 Å². The van der Waals surface area contributed by atoms with Crippen molar-refractivity contribution in [2.24, 2.45) is 0 Å². The Morgan fingerprint density at radius 3 is 1.81 bits per heavy atom. The normalized spacial score (nSPS) is 12.7. The number of carbonyl (C=O) groups excluding carboxylic acids is 3. The fraction of sp³-hybridized carbons (Fsp3) is 0.574. The van der Waals surface area contributed by atoms with Crippen LogP contribution in [0.3, 0.4) is 0 Å². The highest BCUT2D eigenvalue weighted by atomic mass is 31.2. The number of rotatable bonds is 37. The van der Waals surface area contributed by atoms with Crippen molar-refractivity contribution in [1.82, 2.24) is 5.32 Å². The summed E-state index contributed by atoms with van der Waals surface area (Å²) >= 11 is 0. The van der Waals surface area contributed by atoms with E-state index in [1.54, 1.807) is 0 Å². The van der Waals surface area contributed by atoms with Crippen molar-refractivity contribution in [2.45, 2.75) is 174 Å². The fourth-order valence-electron chi connectivity index (χ4n) is 8.40. The average molecular weight is 1030 g/mol. The van der Waals surface area contributed by atoms with Gasteiger partial charge in [0.15, 0.2) is 23.5 Å². The summed E-state index contributed by atoms with van der Waals surface area (Å²) in [5, 5.41) is 22.6. The number of carbonyl (C=O) groups is 4. The lowest BCUT2D eigenvalue weighted by atomic mass is 9.89. The number of hydrogen-bond donors (Lipinski definition) is 4. The van der Waals surface area contributed by atoms with Gasteiger partial charge in [0.25, 0.3) is 5.91 Å². The average Bonchev–Trinajstić information content (AvgIpc) is 3.34. The molecule has 0 fully saturated rings. The number of esters is 2. The molecular weight excluding hydrogens is 956 g/mol. The number of aromatic carboxylic acids is 1. The van der Waals surface area contributed by atoms with Gasteiger partial charge < -0.3 is 34.3 Å². The van der Waals surface area contributed by atoms with Crippen LogP contribution in [0.1, 0.15) is 189 Å². The van der Waals surface area contributed by atoms with E-state index in [4.69, 9.17) is 22.9 Å². The molecule has 2 aromatic rings. The van der Waals surface area contributed by atoms with E-state index >= 15 is 0 Å². The Morgan fingerprint density at radius 2 is 1.24 bits per heavy atom. The van der Waals surface area contributed by atoms with E-state index in [1.807, 2.05) is 0 Å². The van der Waals surface area contributed by atoms with Crippen molar-refractivity contribution in [1.29, 1.82) is 0 Å². The first-order chi connectivity index (χ1) is 34.6. The minimum Gasteiger partial charge on any atom is -0.505 e. The smallest absolute Gasteiger partial charge is 0.472 e. The maximum absolute atomic E-state index is 14.7. The Balaban J connectivity index is 1.30. The number of amides is 1. The van der Waals surface area contributed by atoms with Gasteiger partial charge in [-0.2, -0.15) is 0 Å². The minimum absolute atomic E-state index is 0.0559. The number of carboxylic acids is 1. The lowest BCUT2D eigenvalue weighted by molar-refractivity contribution is -0.161. The Labute approximate surface area is 421 Å². The topological polar surface area (TPSA) is 225 Å². The zero-order valence-corrected chi connectivity index (χ0v) is 42.8. The van der Waals surface area contributed by atoms with Gasteiger partial charge in [0.2, 0.25) is 5.43 Å². The monoisotopic (exact) mass is 1030 g/mol. The number of ether oxygens (including phenoxy) is 2.